The van der Waals surface area contributed by atoms with Crippen LogP contribution in [0.3, 0.4) is 0 Å². The molecule has 0 N–H and O–H groups in total. The number of carbonyl (C=O) groups is 1. The van der Waals surface area contributed by atoms with E-state index >= 15 is 0 Å². The summed E-state index contributed by atoms with van der Waals surface area (Å²) < 4.78 is 42.2. The van der Waals surface area contributed by atoms with E-state index in [0.717, 1.165) is 0 Å². The van der Waals surface area contributed by atoms with Gasteiger partial charge >= 0.3 is 6.61 Å². The van der Waals surface area contributed by atoms with Crippen LogP contribution in [0.4, 0.5) is 18.9 Å². The van der Waals surface area contributed by atoms with Crippen LogP contribution in [0.15, 0.2) is 53.6 Å². The van der Waals surface area contributed by atoms with Crippen LogP contribution >= 0.6 is 0 Å². The van der Waals surface area contributed by atoms with E-state index in [4.69, 9.17) is 0 Å². The topological polar surface area (TPSA) is 41.9 Å². The average Bonchev–Trinajstić information content (AvgIpc) is 2.57. The average molecular weight is 348 g/mol. The fourth-order valence-corrected chi connectivity index (χ4v) is 2.59. The van der Waals surface area contributed by atoms with Crippen molar-refractivity contribution in [1.29, 1.82) is 0 Å². The second-order valence-corrected chi connectivity index (χ2v) is 5.68. The lowest BCUT2D eigenvalue weighted by molar-refractivity contribution is -0.122. The van der Waals surface area contributed by atoms with Crippen LogP contribution in [0.2, 0.25) is 0 Å². The molecule has 0 aromatic heterocycles. The summed E-state index contributed by atoms with van der Waals surface area (Å²) in [5.74, 6) is -0.991. The number of hydrogen-bond donors (Lipinski definition) is 0. The van der Waals surface area contributed by atoms with Gasteiger partial charge in [0, 0.05) is 12.3 Å². The smallest absolute Gasteiger partial charge is 0.387 e. The first-order chi connectivity index (χ1) is 11.9. The van der Waals surface area contributed by atoms with Crippen molar-refractivity contribution >= 4 is 17.3 Å². The molecule has 0 spiro atoms. The monoisotopic (exact) mass is 348 g/mol. The zero-order valence-electron chi connectivity index (χ0n) is 13.3. The number of rotatable bonds is 4. The lowest BCUT2D eigenvalue weighted by Gasteiger charge is -2.27. The minimum Gasteiger partial charge on any atom is -0.435 e. The molecular formula is C18H15F3N2O2. The van der Waals surface area contributed by atoms with Gasteiger partial charge < -0.3 is 4.74 Å². The van der Waals surface area contributed by atoms with E-state index in [9.17, 15) is 18.0 Å². The number of halogens is 3. The summed E-state index contributed by atoms with van der Waals surface area (Å²) in [6.07, 6.45) is 0.402. The molecule has 1 aliphatic rings. The van der Waals surface area contributed by atoms with Gasteiger partial charge in [0.2, 0.25) is 0 Å². The number of hydrogen-bond acceptors (Lipinski definition) is 3. The van der Waals surface area contributed by atoms with Gasteiger partial charge in [0.1, 0.15) is 11.6 Å². The predicted molar refractivity (Wildman–Crippen MR) is 87.3 cm³/mol. The van der Waals surface area contributed by atoms with Gasteiger partial charge in [-0.15, -0.1) is 0 Å². The minimum atomic E-state index is -2.89. The standard InChI is InChI=1S/C18H15F3N2O2/c1-11-9-16(12-5-7-15(8-6-12)25-18(20)21)22-23(17(11)24)14-4-2-3-13(19)10-14/h2-8,10-11,18H,9H2,1H3. The number of amides is 1. The van der Waals surface area contributed by atoms with Crippen LogP contribution in [0.1, 0.15) is 18.9 Å². The van der Waals surface area contributed by atoms with Crippen molar-refractivity contribution in [1.82, 2.24) is 0 Å². The Morgan fingerprint density at radius 1 is 1.20 bits per heavy atom. The SMILES string of the molecule is CC1CC(c2ccc(OC(F)F)cc2)=NN(c2cccc(F)c2)C1=O. The number of anilines is 1. The highest BCUT2D eigenvalue weighted by atomic mass is 19.3. The number of nitrogens with zero attached hydrogens (tertiary/aromatic N) is 2. The molecule has 0 fully saturated rings. The van der Waals surface area contributed by atoms with Crippen molar-refractivity contribution in [3.05, 3.63) is 59.9 Å². The van der Waals surface area contributed by atoms with Crippen molar-refractivity contribution in [2.45, 2.75) is 20.0 Å². The van der Waals surface area contributed by atoms with E-state index in [2.05, 4.69) is 9.84 Å². The molecular weight excluding hydrogens is 333 g/mol. The molecule has 4 nitrogen and oxygen atoms in total. The molecule has 2 aromatic carbocycles. The summed E-state index contributed by atoms with van der Waals surface area (Å²) in [6, 6.07) is 11.6. The molecule has 1 atom stereocenters. The summed E-state index contributed by atoms with van der Waals surface area (Å²) in [6.45, 7) is -1.13. The normalized spacial score (nSPS) is 17.6. The molecule has 25 heavy (non-hydrogen) atoms. The summed E-state index contributed by atoms with van der Waals surface area (Å²) >= 11 is 0. The third kappa shape index (κ3) is 3.81. The molecule has 130 valence electrons. The molecule has 1 unspecified atom stereocenters. The van der Waals surface area contributed by atoms with Gasteiger partial charge in [-0.3, -0.25) is 4.79 Å². The number of benzene rings is 2. The van der Waals surface area contributed by atoms with Gasteiger partial charge in [0.05, 0.1) is 11.4 Å². The minimum absolute atomic E-state index is 0.0428. The van der Waals surface area contributed by atoms with Crippen molar-refractivity contribution in [2.75, 3.05) is 5.01 Å². The lowest BCUT2D eigenvalue weighted by atomic mass is 9.96. The van der Waals surface area contributed by atoms with Gasteiger partial charge in [-0.05, 0) is 48.0 Å². The molecule has 1 amide bonds. The van der Waals surface area contributed by atoms with Crippen LogP contribution in [-0.2, 0) is 4.79 Å². The van der Waals surface area contributed by atoms with E-state index in [1.54, 1.807) is 25.1 Å². The molecule has 0 radical (unpaired) electrons. The van der Waals surface area contributed by atoms with Crippen molar-refractivity contribution < 1.29 is 22.7 Å². The second kappa shape index (κ2) is 6.96. The molecule has 2 aromatic rings. The fourth-order valence-electron chi connectivity index (χ4n) is 2.59. The maximum atomic E-state index is 13.5. The zero-order chi connectivity index (χ0) is 18.0. The summed E-state index contributed by atoms with van der Waals surface area (Å²) in [5.41, 5.74) is 1.63. The van der Waals surface area contributed by atoms with E-state index in [0.29, 0.717) is 23.4 Å². The number of hydrazone groups is 1. The summed E-state index contributed by atoms with van der Waals surface area (Å²) in [4.78, 5) is 12.4. The highest BCUT2D eigenvalue weighted by Gasteiger charge is 2.29. The maximum Gasteiger partial charge on any atom is 0.387 e. The quantitative estimate of drug-likeness (QED) is 0.831. The van der Waals surface area contributed by atoms with Gasteiger partial charge in [-0.25, -0.2) is 9.40 Å². The van der Waals surface area contributed by atoms with Crippen molar-refractivity contribution in [3.8, 4) is 5.75 Å². The largest absolute Gasteiger partial charge is 0.435 e. The highest BCUT2D eigenvalue weighted by Crippen LogP contribution is 2.26. The predicted octanol–water partition coefficient (Wildman–Crippen LogP) is 4.20. The molecule has 1 aliphatic heterocycles. The number of ether oxygens (including phenoxy) is 1. The summed E-state index contributed by atoms with van der Waals surface area (Å²) in [5, 5.41) is 5.51. The Hall–Kier alpha value is -2.83. The molecule has 0 saturated carbocycles. The molecule has 7 heteroatoms. The Bertz CT molecular complexity index is 806. The second-order valence-electron chi connectivity index (χ2n) is 5.68. The van der Waals surface area contributed by atoms with Gasteiger partial charge in [0.15, 0.2) is 0 Å². The fraction of sp³-hybridized carbons (Fsp3) is 0.222. The molecule has 0 aliphatic carbocycles. The molecule has 1 heterocycles. The van der Waals surface area contributed by atoms with Crippen LogP contribution < -0.4 is 9.75 Å². The summed E-state index contributed by atoms with van der Waals surface area (Å²) in [7, 11) is 0. The third-order valence-corrected chi connectivity index (χ3v) is 3.82. The Kier molecular flexibility index (Phi) is 4.74. The van der Waals surface area contributed by atoms with Crippen molar-refractivity contribution in [3.63, 3.8) is 0 Å². The number of alkyl halides is 2. The lowest BCUT2D eigenvalue weighted by Crippen LogP contribution is -2.37. The zero-order valence-corrected chi connectivity index (χ0v) is 13.3. The van der Waals surface area contributed by atoms with Gasteiger partial charge in [0.25, 0.3) is 5.91 Å². The van der Waals surface area contributed by atoms with E-state index in [1.165, 1.54) is 35.3 Å². The first kappa shape index (κ1) is 17.0. The molecule has 3 rings (SSSR count). The van der Waals surface area contributed by atoms with Crippen molar-refractivity contribution in [2.24, 2.45) is 11.0 Å². The Balaban J connectivity index is 1.92. The Morgan fingerprint density at radius 3 is 2.56 bits per heavy atom. The van der Waals surface area contributed by atoms with Gasteiger partial charge in [-0.1, -0.05) is 13.0 Å². The van der Waals surface area contributed by atoms with E-state index in [-0.39, 0.29) is 17.6 Å². The van der Waals surface area contributed by atoms with E-state index < -0.39 is 12.4 Å². The Morgan fingerprint density at radius 2 is 1.92 bits per heavy atom. The van der Waals surface area contributed by atoms with Crippen LogP contribution in [0.5, 0.6) is 5.75 Å². The third-order valence-electron chi connectivity index (χ3n) is 3.82. The first-order valence-electron chi connectivity index (χ1n) is 7.66. The van der Waals surface area contributed by atoms with Gasteiger partial charge in [-0.2, -0.15) is 13.9 Å². The molecule has 0 saturated heterocycles. The highest BCUT2D eigenvalue weighted by molar-refractivity contribution is 6.09. The maximum absolute atomic E-state index is 13.5. The number of carbonyl (C=O) groups excluding carboxylic acids is 1. The van der Waals surface area contributed by atoms with Crippen LogP contribution in [0.25, 0.3) is 0 Å². The van der Waals surface area contributed by atoms with E-state index in [1.807, 2.05) is 0 Å². The van der Waals surface area contributed by atoms with Crippen LogP contribution in [0, 0.1) is 11.7 Å². The first-order valence-corrected chi connectivity index (χ1v) is 7.66. The molecule has 0 bridgehead atoms. The Labute approximate surface area is 142 Å². The van der Waals surface area contributed by atoms with Crippen LogP contribution in [-0.4, -0.2) is 18.2 Å².